The lowest BCUT2D eigenvalue weighted by atomic mass is 9.99. The van der Waals surface area contributed by atoms with Gasteiger partial charge in [-0.2, -0.15) is 5.01 Å². The van der Waals surface area contributed by atoms with E-state index in [9.17, 15) is 9.59 Å². The molecule has 2 aliphatic rings. The van der Waals surface area contributed by atoms with E-state index in [2.05, 4.69) is 0 Å². The number of thioether (sulfide) groups is 1. The molecule has 1 atom stereocenters. The molecule has 2 aromatic carbocycles. The van der Waals surface area contributed by atoms with Crippen LogP contribution in [0.2, 0.25) is 0 Å². The van der Waals surface area contributed by atoms with Crippen LogP contribution in [0.5, 0.6) is 5.75 Å². The van der Waals surface area contributed by atoms with E-state index in [0.717, 1.165) is 11.1 Å². The van der Waals surface area contributed by atoms with E-state index in [0.29, 0.717) is 11.5 Å². The summed E-state index contributed by atoms with van der Waals surface area (Å²) in [5.41, 5.74) is 1.62. The first-order valence-electron chi connectivity index (χ1n) is 9.71. The number of ether oxygens (including phenoxy) is 3. The van der Waals surface area contributed by atoms with Crippen molar-refractivity contribution >= 4 is 29.7 Å². The molecule has 2 aromatic rings. The zero-order valence-electron chi connectivity index (χ0n) is 16.7. The fourth-order valence-corrected chi connectivity index (χ4v) is 4.85. The van der Waals surface area contributed by atoms with Crippen molar-refractivity contribution < 1.29 is 23.8 Å². The molecule has 2 heterocycles. The summed E-state index contributed by atoms with van der Waals surface area (Å²) in [7, 11) is 0. The molecule has 0 saturated carbocycles. The lowest BCUT2D eigenvalue weighted by Crippen LogP contribution is -2.53. The van der Waals surface area contributed by atoms with Crippen molar-refractivity contribution in [2.45, 2.75) is 18.7 Å². The lowest BCUT2D eigenvalue weighted by Gasteiger charge is -2.40. The largest absolute Gasteiger partial charge is 0.457 e. The molecule has 8 heteroatoms. The minimum atomic E-state index is -1.01. The quantitative estimate of drug-likeness (QED) is 0.702. The molecule has 156 valence electrons. The number of carbonyl (C=O) groups is 2. The van der Waals surface area contributed by atoms with Crippen molar-refractivity contribution in [3.63, 3.8) is 0 Å². The zero-order valence-corrected chi connectivity index (χ0v) is 17.6. The monoisotopic (exact) mass is 426 g/mol. The van der Waals surface area contributed by atoms with E-state index in [4.69, 9.17) is 14.2 Å². The van der Waals surface area contributed by atoms with Crippen molar-refractivity contribution in [2.24, 2.45) is 0 Å². The maximum absolute atomic E-state index is 13.1. The van der Waals surface area contributed by atoms with Gasteiger partial charge in [-0.25, -0.2) is 14.6 Å². The van der Waals surface area contributed by atoms with Crippen LogP contribution in [0.15, 0.2) is 60.7 Å². The topological polar surface area (TPSA) is 68.3 Å². The first-order valence-corrected chi connectivity index (χ1v) is 10.7. The minimum absolute atomic E-state index is 0.181. The Morgan fingerprint density at radius 1 is 1.00 bits per heavy atom. The van der Waals surface area contributed by atoms with E-state index < -0.39 is 17.1 Å². The SMILES string of the molecule is CCOC(=O)N1CSC2(C=C(c3ccccc3)Oc3ccccc32)N1C(=O)OCC. The Morgan fingerprint density at radius 2 is 1.67 bits per heavy atom. The summed E-state index contributed by atoms with van der Waals surface area (Å²) in [5, 5.41) is 2.62. The molecular weight excluding hydrogens is 404 g/mol. The summed E-state index contributed by atoms with van der Waals surface area (Å²) in [6.45, 7) is 3.84. The predicted octanol–water partition coefficient (Wildman–Crippen LogP) is 4.81. The second kappa shape index (κ2) is 8.31. The Bertz CT molecular complexity index is 981. The van der Waals surface area contributed by atoms with Gasteiger partial charge in [0.1, 0.15) is 11.5 Å². The predicted molar refractivity (Wildman–Crippen MR) is 113 cm³/mol. The maximum atomic E-state index is 13.1. The van der Waals surface area contributed by atoms with Crippen LogP contribution in [-0.4, -0.2) is 41.3 Å². The van der Waals surface area contributed by atoms with Gasteiger partial charge in [-0.1, -0.05) is 60.3 Å². The highest BCUT2D eigenvalue weighted by Crippen LogP contribution is 2.54. The first kappa shape index (κ1) is 20.2. The van der Waals surface area contributed by atoms with Gasteiger partial charge in [-0.15, -0.1) is 0 Å². The Balaban J connectivity index is 1.88. The van der Waals surface area contributed by atoms with Crippen LogP contribution in [-0.2, 0) is 14.3 Å². The summed E-state index contributed by atoms with van der Waals surface area (Å²) in [6, 6.07) is 17.1. The van der Waals surface area contributed by atoms with Crippen LogP contribution in [0.4, 0.5) is 9.59 Å². The van der Waals surface area contributed by atoms with Gasteiger partial charge in [0.15, 0.2) is 4.87 Å². The molecule has 0 radical (unpaired) electrons. The molecule has 0 N–H and O–H groups in total. The summed E-state index contributed by atoms with van der Waals surface area (Å²) < 4.78 is 16.7. The fraction of sp³-hybridized carbons (Fsp3) is 0.273. The molecule has 30 heavy (non-hydrogen) atoms. The first-order chi connectivity index (χ1) is 14.6. The molecule has 0 aliphatic carbocycles. The van der Waals surface area contributed by atoms with Crippen LogP contribution >= 0.6 is 11.8 Å². The van der Waals surface area contributed by atoms with Crippen molar-refractivity contribution in [2.75, 3.05) is 19.1 Å². The normalized spacial score (nSPS) is 19.7. The Kier molecular flexibility index (Phi) is 5.59. The van der Waals surface area contributed by atoms with Crippen molar-refractivity contribution in [1.82, 2.24) is 10.0 Å². The highest BCUT2D eigenvalue weighted by Gasteiger charge is 2.55. The molecule has 4 rings (SSSR count). The molecule has 0 aromatic heterocycles. The molecule has 7 nitrogen and oxygen atoms in total. The van der Waals surface area contributed by atoms with Gasteiger partial charge < -0.3 is 14.2 Å². The molecule has 1 spiro atoms. The van der Waals surface area contributed by atoms with Crippen LogP contribution in [0.3, 0.4) is 0 Å². The number of hydrazine groups is 1. The highest BCUT2D eigenvalue weighted by atomic mass is 32.2. The molecule has 2 amide bonds. The van der Waals surface area contributed by atoms with Crippen LogP contribution in [0.1, 0.15) is 25.0 Å². The summed E-state index contributed by atoms with van der Waals surface area (Å²) in [4.78, 5) is 24.7. The molecular formula is C22H22N2O5S. The smallest absolute Gasteiger partial charge is 0.430 e. The number of rotatable bonds is 3. The molecule has 1 fully saturated rings. The summed E-state index contributed by atoms with van der Waals surface area (Å²) >= 11 is 1.43. The Labute approximate surface area is 179 Å². The number of para-hydroxylation sites is 1. The van der Waals surface area contributed by atoms with Crippen LogP contribution in [0, 0.1) is 0 Å². The summed E-state index contributed by atoms with van der Waals surface area (Å²) in [5.74, 6) is 1.44. The molecule has 1 unspecified atom stereocenters. The van der Waals surface area contributed by atoms with Crippen molar-refractivity contribution in [3.8, 4) is 5.75 Å². The van der Waals surface area contributed by atoms with Gasteiger partial charge in [-0.3, -0.25) is 0 Å². The third-order valence-corrected chi connectivity index (χ3v) is 6.08. The van der Waals surface area contributed by atoms with Gasteiger partial charge in [0.2, 0.25) is 0 Å². The van der Waals surface area contributed by atoms with E-state index in [-0.39, 0.29) is 19.1 Å². The second-order valence-electron chi connectivity index (χ2n) is 6.55. The molecule has 2 aliphatic heterocycles. The number of hydrogen-bond donors (Lipinski definition) is 0. The third kappa shape index (κ3) is 3.37. The second-order valence-corrected chi connectivity index (χ2v) is 7.72. The van der Waals surface area contributed by atoms with E-state index in [1.165, 1.54) is 21.8 Å². The van der Waals surface area contributed by atoms with Gasteiger partial charge in [0, 0.05) is 17.2 Å². The van der Waals surface area contributed by atoms with E-state index in [1.807, 2.05) is 60.7 Å². The van der Waals surface area contributed by atoms with Crippen LogP contribution < -0.4 is 4.74 Å². The van der Waals surface area contributed by atoms with Gasteiger partial charge in [-0.05, 0) is 19.9 Å². The number of fused-ring (bicyclic) bond motifs is 2. The number of hydrogen-bond acceptors (Lipinski definition) is 6. The van der Waals surface area contributed by atoms with Crippen LogP contribution in [0.25, 0.3) is 5.76 Å². The minimum Gasteiger partial charge on any atom is -0.457 e. The number of nitrogens with zero attached hydrogens (tertiary/aromatic N) is 2. The van der Waals surface area contributed by atoms with Gasteiger partial charge >= 0.3 is 12.2 Å². The maximum Gasteiger partial charge on any atom is 0.430 e. The van der Waals surface area contributed by atoms with E-state index >= 15 is 0 Å². The number of amides is 2. The van der Waals surface area contributed by atoms with E-state index in [1.54, 1.807) is 13.8 Å². The molecule has 1 saturated heterocycles. The van der Waals surface area contributed by atoms with Crippen molar-refractivity contribution in [1.29, 1.82) is 0 Å². The number of carbonyl (C=O) groups excluding carboxylic acids is 2. The number of benzene rings is 2. The van der Waals surface area contributed by atoms with Gasteiger partial charge in [0.05, 0.1) is 19.1 Å². The Hall–Kier alpha value is -3.13. The average Bonchev–Trinajstić information content (AvgIpc) is 3.14. The average molecular weight is 426 g/mol. The zero-order chi connectivity index (χ0) is 21.1. The summed E-state index contributed by atoms with van der Waals surface area (Å²) in [6.07, 6.45) is 0.635. The fourth-order valence-electron chi connectivity index (χ4n) is 3.50. The molecule has 0 bridgehead atoms. The van der Waals surface area contributed by atoms with Gasteiger partial charge in [0.25, 0.3) is 0 Å². The Morgan fingerprint density at radius 3 is 2.40 bits per heavy atom. The lowest BCUT2D eigenvalue weighted by molar-refractivity contribution is -0.0226. The van der Waals surface area contributed by atoms with Crippen molar-refractivity contribution in [3.05, 3.63) is 71.8 Å². The highest BCUT2D eigenvalue weighted by molar-refractivity contribution is 8.00. The third-order valence-electron chi connectivity index (χ3n) is 4.76. The standard InChI is InChI=1S/C22H22N2O5S/c1-3-27-20(25)23-15-30-22(24(23)21(26)28-4-2)14-19(16-10-6-5-7-11-16)29-18-13-9-8-12-17(18)22/h5-14H,3-4,15H2,1-2H3.